The zero-order valence-corrected chi connectivity index (χ0v) is 23.0. The van der Waals surface area contributed by atoms with E-state index in [1.54, 1.807) is 11.8 Å². The molecule has 0 saturated carbocycles. The second-order valence-corrected chi connectivity index (χ2v) is 11.6. The maximum Gasteiger partial charge on any atom is 0.132 e. The molecule has 0 fully saturated rings. The van der Waals surface area contributed by atoms with Crippen LogP contribution in [0.1, 0.15) is 27.8 Å². The number of para-hydroxylation sites is 2. The van der Waals surface area contributed by atoms with E-state index in [9.17, 15) is 5.26 Å². The molecule has 6 heteroatoms. The number of pyridine rings is 2. The van der Waals surface area contributed by atoms with E-state index in [1.165, 1.54) is 0 Å². The number of nitriles is 1. The smallest absolute Gasteiger partial charge is 0.132 e. The second-order valence-electron chi connectivity index (χ2n) is 10.5. The van der Waals surface area contributed by atoms with Crippen molar-refractivity contribution < 1.29 is 4.74 Å². The molecule has 2 aliphatic heterocycles. The number of ether oxygens (including phenoxy) is 1. The number of anilines is 3. The van der Waals surface area contributed by atoms with Gasteiger partial charge in [-0.1, -0.05) is 54.2 Å². The third-order valence-electron chi connectivity index (χ3n) is 8.44. The van der Waals surface area contributed by atoms with Crippen molar-refractivity contribution in [3.8, 4) is 29.0 Å². The fourth-order valence-corrected chi connectivity index (χ4v) is 7.89. The van der Waals surface area contributed by atoms with Crippen molar-refractivity contribution in [2.75, 3.05) is 4.90 Å². The number of nitrogens with zero attached hydrogens (tertiary/aromatic N) is 4. The van der Waals surface area contributed by atoms with Crippen LogP contribution in [-0.4, -0.2) is 9.97 Å². The molecule has 4 aromatic carbocycles. The number of aromatic nitrogens is 2. The van der Waals surface area contributed by atoms with Crippen LogP contribution in [-0.2, 0) is 5.41 Å². The second kappa shape index (κ2) is 8.56. The van der Waals surface area contributed by atoms with E-state index in [0.29, 0.717) is 5.56 Å². The fraction of sp³-hybridized carbons (Fsp3) is 0.0278. The average molecular weight is 557 g/mol. The van der Waals surface area contributed by atoms with E-state index >= 15 is 0 Å². The van der Waals surface area contributed by atoms with Gasteiger partial charge in [0.15, 0.2) is 0 Å². The summed E-state index contributed by atoms with van der Waals surface area (Å²) in [6.45, 7) is 0. The number of fused-ring (bicyclic) bond motifs is 11. The van der Waals surface area contributed by atoms with Gasteiger partial charge in [0.05, 0.1) is 39.8 Å². The highest BCUT2D eigenvalue weighted by atomic mass is 32.2. The van der Waals surface area contributed by atoms with E-state index in [-0.39, 0.29) is 0 Å². The lowest BCUT2D eigenvalue weighted by atomic mass is 9.66. The zero-order chi connectivity index (χ0) is 27.8. The van der Waals surface area contributed by atoms with Crippen molar-refractivity contribution in [2.24, 2.45) is 0 Å². The third-order valence-corrected chi connectivity index (χ3v) is 9.55. The zero-order valence-electron chi connectivity index (χ0n) is 22.2. The largest absolute Gasteiger partial charge is 0.457 e. The first-order valence-electron chi connectivity index (χ1n) is 13.7. The highest BCUT2D eigenvalue weighted by Gasteiger charge is 2.52. The number of hydrogen-bond donors (Lipinski definition) is 0. The molecular formula is C36H20N4OS. The van der Waals surface area contributed by atoms with Crippen molar-refractivity contribution in [3.05, 3.63) is 149 Å². The molecule has 0 N–H and O–H groups in total. The number of benzene rings is 4. The molecule has 0 atom stereocenters. The van der Waals surface area contributed by atoms with E-state index in [0.717, 1.165) is 72.0 Å². The van der Waals surface area contributed by atoms with E-state index in [2.05, 4.69) is 77.7 Å². The lowest BCUT2D eigenvalue weighted by molar-refractivity contribution is 0.436. The first-order chi connectivity index (χ1) is 20.8. The molecule has 4 heterocycles. The summed E-state index contributed by atoms with van der Waals surface area (Å²) in [7, 11) is 0. The normalized spacial score (nSPS) is 14.4. The monoisotopic (exact) mass is 556 g/mol. The highest BCUT2D eigenvalue weighted by molar-refractivity contribution is 7.99. The number of rotatable bonds is 1. The van der Waals surface area contributed by atoms with Crippen LogP contribution in [0.15, 0.2) is 131 Å². The minimum Gasteiger partial charge on any atom is -0.457 e. The maximum atomic E-state index is 9.61. The molecule has 0 radical (unpaired) electrons. The molecule has 1 spiro atoms. The van der Waals surface area contributed by atoms with Crippen LogP contribution in [0, 0.1) is 11.3 Å². The summed E-state index contributed by atoms with van der Waals surface area (Å²) < 4.78 is 6.61. The topological polar surface area (TPSA) is 62.0 Å². The molecule has 0 bridgehead atoms. The van der Waals surface area contributed by atoms with E-state index < -0.39 is 5.41 Å². The summed E-state index contributed by atoms with van der Waals surface area (Å²) in [5.41, 5.74) is 9.27. The van der Waals surface area contributed by atoms with Crippen molar-refractivity contribution in [3.63, 3.8) is 0 Å². The van der Waals surface area contributed by atoms with Crippen molar-refractivity contribution >= 4 is 28.8 Å². The van der Waals surface area contributed by atoms with Gasteiger partial charge in [-0.15, -0.1) is 0 Å². The van der Waals surface area contributed by atoms with Crippen LogP contribution in [0.4, 0.5) is 17.1 Å². The average Bonchev–Trinajstić information content (AvgIpc) is 3.34. The lowest BCUT2D eigenvalue weighted by Crippen LogP contribution is -2.32. The summed E-state index contributed by atoms with van der Waals surface area (Å²) in [5.74, 6) is 1.64. The van der Waals surface area contributed by atoms with Crippen LogP contribution in [0.25, 0.3) is 11.4 Å². The molecule has 0 saturated heterocycles. The van der Waals surface area contributed by atoms with Gasteiger partial charge in [-0.3, -0.25) is 9.97 Å². The fourth-order valence-electron chi connectivity index (χ4n) is 6.79. The van der Waals surface area contributed by atoms with E-state index in [4.69, 9.17) is 14.7 Å². The molecule has 1 aliphatic carbocycles. The predicted octanol–water partition coefficient (Wildman–Crippen LogP) is 8.75. The Balaban J connectivity index is 1.36. The van der Waals surface area contributed by atoms with Crippen molar-refractivity contribution in [1.82, 2.24) is 9.97 Å². The van der Waals surface area contributed by atoms with Gasteiger partial charge in [0, 0.05) is 39.0 Å². The standard InChI is InChI=1S/C36H20N4OS/c37-21-22-13-15-29-33(19-22)42-32-12-4-2-10-28(32)40(29)23-14-16-31-27(20-23)36(24-7-1-3-11-30(24)41-31)25-8-5-17-38-34(25)35-26(36)9-6-18-39-35/h1-20H. The van der Waals surface area contributed by atoms with Crippen LogP contribution >= 0.6 is 11.8 Å². The summed E-state index contributed by atoms with van der Waals surface area (Å²) in [5, 5.41) is 9.61. The Hall–Kier alpha value is -5.38. The van der Waals surface area contributed by atoms with Crippen LogP contribution < -0.4 is 9.64 Å². The Labute approximate surface area is 246 Å². The summed E-state index contributed by atoms with van der Waals surface area (Å²) in [6.07, 6.45) is 3.68. The Morgan fingerprint density at radius 2 is 1.33 bits per heavy atom. The molecule has 0 amide bonds. The molecule has 2 aromatic heterocycles. The molecule has 196 valence electrons. The molecular weight excluding hydrogens is 536 g/mol. The Bertz CT molecular complexity index is 2100. The molecule has 3 aliphatic rings. The van der Waals surface area contributed by atoms with Gasteiger partial charge in [-0.2, -0.15) is 5.26 Å². The molecule has 5 nitrogen and oxygen atoms in total. The predicted molar refractivity (Wildman–Crippen MR) is 163 cm³/mol. The first-order valence-corrected chi connectivity index (χ1v) is 14.5. The van der Waals surface area contributed by atoms with Crippen molar-refractivity contribution in [1.29, 1.82) is 5.26 Å². The summed E-state index contributed by atoms with van der Waals surface area (Å²) in [4.78, 5) is 14.2. The van der Waals surface area contributed by atoms with Gasteiger partial charge in [-0.25, -0.2) is 0 Å². The minimum atomic E-state index is -0.648. The first kappa shape index (κ1) is 23.3. The SMILES string of the molecule is N#Cc1ccc2c(c1)Sc1ccccc1N2c1ccc2c(c1)C1(c3ccccc3O2)c2cccnc2-c2ncccc21. The summed E-state index contributed by atoms with van der Waals surface area (Å²) in [6, 6.07) is 39.8. The van der Waals surface area contributed by atoms with Gasteiger partial charge in [-0.05, 0) is 77.9 Å². The number of hydrogen-bond acceptors (Lipinski definition) is 6. The molecule has 42 heavy (non-hydrogen) atoms. The molecule has 6 aromatic rings. The summed E-state index contributed by atoms with van der Waals surface area (Å²) >= 11 is 1.70. The molecule has 9 rings (SSSR count). The minimum absolute atomic E-state index is 0.647. The van der Waals surface area contributed by atoms with E-state index in [1.807, 2.05) is 54.9 Å². The highest BCUT2D eigenvalue weighted by Crippen LogP contribution is 2.62. The van der Waals surface area contributed by atoms with Gasteiger partial charge >= 0.3 is 0 Å². The van der Waals surface area contributed by atoms with Crippen LogP contribution in [0.3, 0.4) is 0 Å². The van der Waals surface area contributed by atoms with Gasteiger partial charge in [0.1, 0.15) is 11.5 Å². The third kappa shape index (κ3) is 2.98. The quantitative estimate of drug-likeness (QED) is 0.201. The van der Waals surface area contributed by atoms with Gasteiger partial charge < -0.3 is 9.64 Å². The molecule has 0 unspecified atom stereocenters. The maximum absolute atomic E-state index is 9.61. The Morgan fingerprint density at radius 1 is 0.643 bits per heavy atom. The van der Waals surface area contributed by atoms with Gasteiger partial charge in [0.2, 0.25) is 0 Å². The lowest BCUT2D eigenvalue weighted by Gasteiger charge is -2.40. The van der Waals surface area contributed by atoms with Crippen LogP contribution in [0.2, 0.25) is 0 Å². The Morgan fingerprint density at radius 3 is 2.14 bits per heavy atom. The Kier molecular flexibility index (Phi) is 4.76. The van der Waals surface area contributed by atoms with Crippen LogP contribution in [0.5, 0.6) is 11.5 Å². The van der Waals surface area contributed by atoms with Gasteiger partial charge in [0.25, 0.3) is 0 Å². The van der Waals surface area contributed by atoms with Crippen molar-refractivity contribution in [2.45, 2.75) is 15.2 Å².